The largest absolute Gasteiger partial charge is 0.496 e. The van der Waals surface area contributed by atoms with Crippen LogP contribution in [-0.4, -0.2) is 24.5 Å². The van der Waals surface area contributed by atoms with Gasteiger partial charge in [0.05, 0.1) is 13.2 Å². The summed E-state index contributed by atoms with van der Waals surface area (Å²) in [6, 6.07) is 0. The summed E-state index contributed by atoms with van der Waals surface area (Å²) in [5, 5.41) is 0. The van der Waals surface area contributed by atoms with E-state index in [0.717, 1.165) is 6.42 Å². The van der Waals surface area contributed by atoms with Gasteiger partial charge >= 0.3 is 5.97 Å². The van der Waals surface area contributed by atoms with Crippen molar-refractivity contribution in [2.75, 3.05) is 7.11 Å². The maximum absolute atomic E-state index is 11.9. The van der Waals surface area contributed by atoms with Crippen molar-refractivity contribution in [3.05, 3.63) is 11.8 Å². The molecule has 0 aromatic heterocycles. The van der Waals surface area contributed by atoms with E-state index < -0.39 is 11.6 Å². The van der Waals surface area contributed by atoms with Gasteiger partial charge < -0.3 is 9.47 Å². The number of carbonyl (C=O) groups excluding carboxylic acids is 2. The van der Waals surface area contributed by atoms with E-state index in [4.69, 9.17) is 9.47 Å². The maximum Gasteiger partial charge on any atom is 0.335 e. The number of methoxy groups -OCH3 is 1. The molecule has 2 aliphatic rings. The predicted molar refractivity (Wildman–Crippen MR) is 51.9 cm³/mol. The Labute approximate surface area is 88.2 Å². The molecule has 1 heterocycles. The minimum absolute atomic E-state index is 0.0421. The first kappa shape index (κ1) is 10.2. The number of rotatable bonds is 1. The number of ether oxygens (including phenoxy) is 2. The fourth-order valence-electron chi connectivity index (χ4n) is 2.32. The van der Waals surface area contributed by atoms with Gasteiger partial charge in [0.15, 0.2) is 11.5 Å². The first-order valence-electron chi connectivity index (χ1n) is 5.11. The second kappa shape index (κ2) is 3.36. The van der Waals surface area contributed by atoms with E-state index in [9.17, 15) is 9.59 Å². The summed E-state index contributed by atoms with van der Waals surface area (Å²) in [5.74, 6) is 0.213. The Morgan fingerprint density at radius 1 is 1.53 bits per heavy atom. The van der Waals surface area contributed by atoms with Crippen LogP contribution in [0.15, 0.2) is 11.8 Å². The summed E-state index contributed by atoms with van der Waals surface area (Å²) >= 11 is 0. The molecule has 4 heteroatoms. The normalized spacial score (nSPS) is 35.3. The molecule has 2 atom stereocenters. The van der Waals surface area contributed by atoms with Crippen LogP contribution in [0.3, 0.4) is 0 Å². The summed E-state index contributed by atoms with van der Waals surface area (Å²) in [5.41, 5.74) is -1.11. The first-order chi connectivity index (χ1) is 7.08. The fraction of sp³-hybridized carbons (Fsp3) is 0.636. The molecule has 0 radical (unpaired) electrons. The van der Waals surface area contributed by atoms with E-state index in [1.807, 2.05) is 6.92 Å². The highest BCUT2D eigenvalue weighted by Gasteiger charge is 2.53. The third kappa shape index (κ3) is 1.44. The third-order valence-corrected chi connectivity index (χ3v) is 3.09. The van der Waals surface area contributed by atoms with Crippen LogP contribution in [0.1, 0.15) is 26.2 Å². The fourth-order valence-corrected chi connectivity index (χ4v) is 2.32. The van der Waals surface area contributed by atoms with Crippen molar-refractivity contribution >= 4 is 11.8 Å². The molecule has 15 heavy (non-hydrogen) atoms. The molecule has 0 saturated heterocycles. The van der Waals surface area contributed by atoms with Crippen LogP contribution in [0, 0.1) is 5.92 Å². The van der Waals surface area contributed by atoms with E-state index in [-0.39, 0.29) is 5.78 Å². The first-order valence-corrected chi connectivity index (χ1v) is 5.11. The Balaban J connectivity index is 2.35. The SMILES string of the molecule is COC1=CC(=O)O[C@@]12C[C@H](C)CCC2=O. The number of hydrogen-bond donors (Lipinski definition) is 0. The van der Waals surface area contributed by atoms with Crippen LogP contribution < -0.4 is 0 Å². The van der Waals surface area contributed by atoms with E-state index in [1.165, 1.54) is 13.2 Å². The molecule has 1 fully saturated rings. The molecular formula is C11H14O4. The summed E-state index contributed by atoms with van der Waals surface area (Å²) in [7, 11) is 1.46. The molecule has 4 nitrogen and oxygen atoms in total. The molecule has 1 aliphatic carbocycles. The molecule has 1 aliphatic heterocycles. The quantitative estimate of drug-likeness (QED) is 0.610. The van der Waals surface area contributed by atoms with E-state index >= 15 is 0 Å². The molecule has 0 amide bonds. The van der Waals surface area contributed by atoms with Crippen molar-refractivity contribution in [3.63, 3.8) is 0 Å². The molecular weight excluding hydrogens is 196 g/mol. The highest BCUT2D eigenvalue weighted by molar-refractivity contribution is 5.99. The van der Waals surface area contributed by atoms with Crippen molar-refractivity contribution < 1.29 is 19.1 Å². The molecule has 0 bridgehead atoms. The molecule has 82 valence electrons. The van der Waals surface area contributed by atoms with Crippen LogP contribution in [0.4, 0.5) is 0 Å². The zero-order valence-corrected chi connectivity index (χ0v) is 8.91. The molecule has 0 unspecified atom stereocenters. The molecule has 1 saturated carbocycles. The number of Topliss-reactive ketones (excluding diaryl/α,β-unsaturated/α-hetero) is 1. The van der Waals surface area contributed by atoms with Gasteiger partial charge in [-0.2, -0.15) is 0 Å². The Morgan fingerprint density at radius 2 is 2.27 bits per heavy atom. The molecule has 0 aromatic carbocycles. The summed E-state index contributed by atoms with van der Waals surface area (Å²) in [4.78, 5) is 23.1. The zero-order chi connectivity index (χ0) is 11.1. The number of ketones is 1. The van der Waals surface area contributed by atoms with E-state index in [0.29, 0.717) is 24.5 Å². The minimum atomic E-state index is -1.11. The molecule has 1 spiro atoms. The van der Waals surface area contributed by atoms with Gasteiger partial charge in [-0.15, -0.1) is 0 Å². The summed E-state index contributed by atoms with van der Waals surface area (Å²) in [6.45, 7) is 2.05. The number of carbonyl (C=O) groups is 2. The Morgan fingerprint density at radius 3 is 2.93 bits per heavy atom. The second-order valence-electron chi connectivity index (χ2n) is 4.23. The smallest absolute Gasteiger partial charge is 0.335 e. The third-order valence-electron chi connectivity index (χ3n) is 3.09. The maximum atomic E-state index is 11.9. The van der Waals surface area contributed by atoms with Crippen LogP contribution in [0.5, 0.6) is 0 Å². The molecule has 0 aromatic rings. The van der Waals surface area contributed by atoms with E-state index in [2.05, 4.69) is 0 Å². The standard InChI is InChI=1S/C11H14O4/c1-7-3-4-8(12)11(6-7)9(14-2)5-10(13)15-11/h5,7H,3-4,6H2,1-2H3/t7-,11-/m1/s1. The van der Waals surface area contributed by atoms with Gasteiger partial charge in [0.25, 0.3) is 0 Å². The minimum Gasteiger partial charge on any atom is -0.496 e. The van der Waals surface area contributed by atoms with Crippen LogP contribution in [-0.2, 0) is 19.1 Å². The van der Waals surface area contributed by atoms with Gasteiger partial charge in [-0.3, -0.25) is 4.79 Å². The van der Waals surface area contributed by atoms with Crippen molar-refractivity contribution in [2.24, 2.45) is 5.92 Å². The summed E-state index contributed by atoms with van der Waals surface area (Å²) in [6.07, 6.45) is 3.12. The van der Waals surface area contributed by atoms with Gasteiger partial charge in [-0.05, 0) is 12.3 Å². The van der Waals surface area contributed by atoms with Crippen molar-refractivity contribution in [2.45, 2.75) is 31.8 Å². The lowest BCUT2D eigenvalue weighted by Crippen LogP contribution is -2.46. The van der Waals surface area contributed by atoms with Crippen molar-refractivity contribution in [1.29, 1.82) is 0 Å². The lowest BCUT2D eigenvalue weighted by Gasteiger charge is -2.34. The average Bonchev–Trinajstić information content (AvgIpc) is 2.50. The highest BCUT2D eigenvalue weighted by atomic mass is 16.6. The van der Waals surface area contributed by atoms with Gasteiger partial charge in [-0.1, -0.05) is 6.92 Å². The Hall–Kier alpha value is -1.32. The van der Waals surface area contributed by atoms with Crippen molar-refractivity contribution in [3.8, 4) is 0 Å². The highest BCUT2D eigenvalue weighted by Crippen LogP contribution is 2.41. The predicted octanol–water partition coefficient (Wildman–Crippen LogP) is 1.20. The van der Waals surface area contributed by atoms with Crippen LogP contribution in [0.2, 0.25) is 0 Å². The van der Waals surface area contributed by atoms with Gasteiger partial charge in [-0.25, -0.2) is 4.79 Å². The van der Waals surface area contributed by atoms with Gasteiger partial charge in [0.1, 0.15) is 0 Å². The summed E-state index contributed by atoms with van der Waals surface area (Å²) < 4.78 is 10.3. The van der Waals surface area contributed by atoms with Crippen molar-refractivity contribution in [1.82, 2.24) is 0 Å². The second-order valence-corrected chi connectivity index (χ2v) is 4.23. The lowest BCUT2D eigenvalue weighted by atomic mass is 9.77. The molecule has 0 N–H and O–H groups in total. The molecule has 2 rings (SSSR count). The Bertz CT molecular complexity index is 344. The topological polar surface area (TPSA) is 52.6 Å². The average molecular weight is 210 g/mol. The lowest BCUT2D eigenvalue weighted by molar-refractivity contribution is -0.162. The van der Waals surface area contributed by atoms with Gasteiger partial charge in [0, 0.05) is 12.8 Å². The number of esters is 1. The monoisotopic (exact) mass is 210 g/mol. The van der Waals surface area contributed by atoms with E-state index in [1.54, 1.807) is 0 Å². The number of hydrogen-bond acceptors (Lipinski definition) is 4. The van der Waals surface area contributed by atoms with Gasteiger partial charge in [0.2, 0.25) is 5.60 Å². The Kier molecular flexibility index (Phi) is 2.29. The van der Waals surface area contributed by atoms with Crippen LogP contribution in [0.25, 0.3) is 0 Å². The zero-order valence-electron chi connectivity index (χ0n) is 8.91. The van der Waals surface area contributed by atoms with Crippen LogP contribution >= 0.6 is 0 Å².